The Labute approximate surface area is 103 Å². The number of pyridine rings is 1. The molecule has 0 spiro atoms. The van der Waals surface area contributed by atoms with E-state index in [0.29, 0.717) is 0 Å². The van der Waals surface area contributed by atoms with E-state index in [1.165, 1.54) is 24.3 Å². The van der Waals surface area contributed by atoms with Gasteiger partial charge in [0.15, 0.2) is 0 Å². The largest absolute Gasteiger partial charge is 0.256 e. The van der Waals surface area contributed by atoms with Crippen molar-refractivity contribution >= 4 is 10.9 Å². The van der Waals surface area contributed by atoms with Crippen molar-refractivity contribution in [3.8, 4) is 11.1 Å². The summed E-state index contributed by atoms with van der Waals surface area (Å²) >= 11 is 0. The number of fused-ring (bicyclic) bond motifs is 1. The van der Waals surface area contributed by atoms with E-state index in [2.05, 4.69) is 4.98 Å². The Balaban J connectivity index is 2.28. The number of hydrogen-bond acceptors (Lipinski definition) is 1. The molecule has 0 aliphatic carbocycles. The van der Waals surface area contributed by atoms with Crippen LogP contribution in [0.5, 0.6) is 0 Å². The van der Waals surface area contributed by atoms with Crippen molar-refractivity contribution in [2.75, 3.05) is 0 Å². The molecule has 0 N–H and O–H groups in total. The van der Waals surface area contributed by atoms with Gasteiger partial charge >= 0.3 is 0 Å². The molecule has 0 fully saturated rings. The third-order valence-electron chi connectivity index (χ3n) is 2.86. The minimum atomic E-state index is -0.307. The van der Waals surface area contributed by atoms with Crippen LogP contribution in [-0.4, -0.2) is 4.98 Å². The molecule has 0 saturated heterocycles. The first-order valence-corrected chi connectivity index (χ1v) is 5.54. The number of aromatic nitrogens is 1. The molecular formula is C15H9F2N. The van der Waals surface area contributed by atoms with Crippen molar-refractivity contribution in [2.45, 2.75) is 0 Å². The van der Waals surface area contributed by atoms with Gasteiger partial charge in [0.05, 0.1) is 5.52 Å². The summed E-state index contributed by atoms with van der Waals surface area (Å²) in [6.45, 7) is 0. The maximum atomic E-state index is 13.3. The van der Waals surface area contributed by atoms with Crippen molar-refractivity contribution in [3.63, 3.8) is 0 Å². The molecule has 0 amide bonds. The maximum Gasteiger partial charge on any atom is 0.123 e. The molecule has 0 radical (unpaired) electrons. The van der Waals surface area contributed by atoms with Gasteiger partial charge in [-0.1, -0.05) is 12.1 Å². The van der Waals surface area contributed by atoms with Gasteiger partial charge in [-0.3, -0.25) is 4.98 Å². The zero-order valence-electron chi connectivity index (χ0n) is 9.40. The van der Waals surface area contributed by atoms with Gasteiger partial charge in [0.1, 0.15) is 11.6 Å². The maximum absolute atomic E-state index is 13.3. The summed E-state index contributed by atoms with van der Waals surface area (Å²) in [6, 6.07) is 12.4. The lowest BCUT2D eigenvalue weighted by Crippen LogP contribution is -1.86. The summed E-state index contributed by atoms with van der Waals surface area (Å²) in [7, 11) is 0. The van der Waals surface area contributed by atoms with Crippen molar-refractivity contribution < 1.29 is 8.78 Å². The molecule has 3 rings (SSSR count). The normalized spacial score (nSPS) is 10.8. The fraction of sp³-hybridized carbons (Fsp3) is 0. The van der Waals surface area contributed by atoms with E-state index >= 15 is 0 Å². The molecule has 3 heteroatoms. The zero-order valence-corrected chi connectivity index (χ0v) is 9.40. The van der Waals surface area contributed by atoms with Crippen LogP contribution in [-0.2, 0) is 0 Å². The molecular weight excluding hydrogens is 232 g/mol. The zero-order chi connectivity index (χ0) is 12.5. The van der Waals surface area contributed by atoms with E-state index < -0.39 is 0 Å². The van der Waals surface area contributed by atoms with Crippen LogP contribution in [0.25, 0.3) is 22.0 Å². The lowest BCUT2D eigenvalue weighted by molar-refractivity contribution is 0.628. The fourth-order valence-corrected chi connectivity index (χ4v) is 2.00. The van der Waals surface area contributed by atoms with Crippen LogP contribution in [0.1, 0.15) is 0 Å². The molecule has 1 heterocycles. The molecule has 2 aromatic carbocycles. The average Bonchev–Trinajstić information content (AvgIpc) is 2.39. The summed E-state index contributed by atoms with van der Waals surface area (Å²) < 4.78 is 26.2. The van der Waals surface area contributed by atoms with E-state index in [0.717, 1.165) is 22.0 Å². The summed E-state index contributed by atoms with van der Waals surface area (Å²) in [5.74, 6) is -0.595. The van der Waals surface area contributed by atoms with Crippen molar-refractivity contribution in [1.29, 1.82) is 0 Å². The van der Waals surface area contributed by atoms with E-state index in [1.807, 2.05) is 0 Å². The molecule has 1 nitrogen and oxygen atoms in total. The van der Waals surface area contributed by atoms with Gasteiger partial charge < -0.3 is 0 Å². The fourth-order valence-electron chi connectivity index (χ4n) is 2.00. The van der Waals surface area contributed by atoms with Gasteiger partial charge in [-0.15, -0.1) is 0 Å². The summed E-state index contributed by atoms with van der Waals surface area (Å²) in [4.78, 5) is 4.19. The summed E-state index contributed by atoms with van der Waals surface area (Å²) in [5, 5.41) is 0.726. The van der Waals surface area contributed by atoms with E-state index in [-0.39, 0.29) is 11.6 Å². The van der Waals surface area contributed by atoms with Crippen LogP contribution in [0.4, 0.5) is 8.78 Å². The topological polar surface area (TPSA) is 12.9 Å². The molecule has 1 aromatic heterocycles. The van der Waals surface area contributed by atoms with Crippen molar-refractivity contribution in [1.82, 2.24) is 4.98 Å². The molecule has 0 unspecified atom stereocenters. The highest BCUT2D eigenvalue weighted by Gasteiger charge is 2.05. The van der Waals surface area contributed by atoms with Gasteiger partial charge in [0.2, 0.25) is 0 Å². The Bertz CT molecular complexity index is 705. The number of hydrogen-bond donors (Lipinski definition) is 0. The SMILES string of the molecule is Fc1ccc(-c2ccnc3ccc(F)cc23)cc1. The van der Waals surface area contributed by atoms with E-state index in [9.17, 15) is 8.78 Å². The molecule has 0 aliphatic rings. The van der Waals surface area contributed by atoms with E-state index in [1.54, 1.807) is 30.5 Å². The second-order valence-corrected chi connectivity index (χ2v) is 4.03. The average molecular weight is 241 g/mol. The number of benzene rings is 2. The Morgan fingerprint density at radius 2 is 1.50 bits per heavy atom. The predicted molar refractivity (Wildman–Crippen MR) is 67.1 cm³/mol. The van der Waals surface area contributed by atoms with Crippen molar-refractivity contribution in [2.24, 2.45) is 0 Å². The lowest BCUT2D eigenvalue weighted by atomic mass is 10.0. The molecule has 0 aliphatic heterocycles. The smallest absolute Gasteiger partial charge is 0.123 e. The van der Waals surface area contributed by atoms with Crippen LogP contribution in [0.2, 0.25) is 0 Å². The molecule has 3 aromatic rings. The van der Waals surface area contributed by atoms with Gasteiger partial charge in [0, 0.05) is 11.6 Å². The molecule has 0 bridgehead atoms. The Morgan fingerprint density at radius 1 is 0.778 bits per heavy atom. The van der Waals surface area contributed by atoms with Crippen LogP contribution in [0.3, 0.4) is 0 Å². The summed E-state index contributed by atoms with van der Waals surface area (Å²) in [6.07, 6.45) is 1.67. The highest BCUT2D eigenvalue weighted by Crippen LogP contribution is 2.27. The molecule has 0 saturated carbocycles. The Hall–Kier alpha value is -2.29. The molecule has 18 heavy (non-hydrogen) atoms. The highest BCUT2D eigenvalue weighted by atomic mass is 19.1. The highest BCUT2D eigenvalue weighted by molar-refractivity contribution is 5.94. The van der Waals surface area contributed by atoms with E-state index in [4.69, 9.17) is 0 Å². The first-order valence-electron chi connectivity index (χ1n) is 5.54. The first-order chi connectivity index (χ1) is 8.74. The third kappa shape index (κ3) is 1.84. The van der Waals surface area contributed by atoms with Crippen LogP contribution < -0.4 is 0 Å². The second kappa shape index (κ2) is 4.18. The van der Waals surface area contributed by atoms with Gasteiger partial charge in [0.25, 0.3) is 0 Å². The molecule has 0 atom stereocenters. The quantitative estimate of drug-likeness (QED) is 0.622. The Kier molecular flexibility index (Phi) is 2.52. The number of nitrogens with zero attached hydrogens (tertiary/aromatic N) is 1. The van der Waals surface area contributed by atoms with Crippen LogP contribution in [0, 0.1) is 11.6 Å². The Morgan fingerprint density at radius 3 is 2.28 bits per heavy atom. The van der Waals surface area contributed by atoms with Crippen LogP contribution in [0.15, 0.2) is 54.7 Å². The van der Waals surface area contributed by atoms with Gasteiger partial charge in [-0.25, -0.2) is 8.78 Å². The van der Waals surface area contributed by atoms with Crippen molar-refractivity contribution in [3.05, 3.63) is 66.4 Å². The molecule has 88 valence electrons. The van der Waals surface area contributed by atoms with Gasteiger partial charge in [-0.05, 0) is 47.5 Å². The third-order valence-corrected chi connectivity index (χ3v) is 2.86. The second-order valence-electron chi connectivity index (χ2n) is 4.03. The number of rotatable bonds is 1. The predicted octanol–water partition coefficient (Wildman–Crippen LogP) is 4.18. The number of halogens is 2. The standard InChI is InChI=1S/C15H9F2N/c16-11-3-1-10(2-4-11)13-7-8-18-15-6-5-12(17)9-14(13)15/h1-9H. The van der Waals surface area contributed by atoms with Gasteiger partial charge in [-0.2, -0.15) is 0 Å². The van der Waals surface area contributed by atoms with Crippen LogP contribution >= 0.6 is 0 Å². The first kappa shape index (κ1) is 10.8. The minimum Gasteiger partial charge on any atom is -0.256 e. The minimum absolute atomic E-state index is 0.289. The summed E-state index contributed by atoms with van der Waals surface area (Å²) in [5.41, 5.74) is 2.41. The lowest BCUT2D eigenvalue weighted by Gasteiger charge is -2.06. The monoisotopic (exact) mass is 241 g/mol.